The first kappa shape index (κ1) is 14.0. The first-order valence-corrected chi connectivity index (χ1v) is 7.59. The standard InChI is InChI=1S/C15H22BrNO/c1-11(2)17-10-15(18-14-7-4-8-14)12-5-3-6-13(16)9-12/h3,5-6,9,11,14-15,17H,4,7-8,10H2,1-2H3. The van der Waals surface area contributed by atoms with Crippen LogP contribution in [0.15, 0.2) is 28.7 Å². The van der Waals surface area contributed by atoms with Gasteiger partial charge in [-0.3, -0.25) is 0 Å². The van der Waals surface area contributed by atoms with Crippen LogP contribution in [0.25, 0.3) is 0 Å². The Hall–Kier alpha value is -0.380. The molecule has 1 aliphatic rings. The van der Waals surface area contributed by atoms with Crippen LogP contribution in [-0.4, -0.2) is 18.7 Å². The lowest BCUT2D eigenvalue weighted by molar-refractivity contribution is -0.0525. The average Bonchev–Trinajstić information content (AvgIpc) is 2.26. The highest BCUT2D eigenvalue weighted by atomic mass is 79.9. The van der Waals surface area contributed by atoms with Gasteiger partial charge in [0.2, 0.25) is 0 Å². The van der Waals surface area contributed by atoms with Crippen LogP contribution in [0.4, 0.5) is 0 Å². The van der Waals surface area contributed by atoms with E-state index < -0.39 is 0 Å². The van der Waals surface area contributed by atoms with Crippen LogP contribution in [0.1, 0.15) is 44.8 Å². The van der Waals surface area contributed by atoms with Crippen molar-refractivity contribution in [2.45, 2.75) is 51.4 Å². The van der Waals surface area contributed by atoms with Crippen molar-refractivity contribution in [2.75, 3.05) is 6.54 Å². The second kappa shape index (κ2) is 6.69. The molecule has 0 aliphatic heterocycles. The highest BCUT2D eigenvalue weighted by molar-refractivity contribution is 9.10. The molecule has 2 rings (SSSR count). The van der Waals surface area contributed by atoms with Crippen molar-refractivity contribution in [3.05, 3.63) is 34.3 Å². The van der Waals surface area contributed by atoms with Crippen molar-refractivity contribution in [1.29, 1.82) is 0 Å². The van der Waals surface area contributed by atoms with Crippen LogP contribution < -0.4 is 5.32 Å². The van der Waals surface area contributed by atoms with Gasteiger partial charge in [-0.2, -0.15) is 0 Å². The molecule has 100 valence electrons. The van der Waals surface area contributed by atoms with E-state index in [4.69, 9.17) is 4.74 Å². The summed E-state index contributed by atoms with van der Waals surface area (Å²) in [6.45, 7) is 5.22. The van der Waals surface area contributed by atoms with Gasteiger partial charge in [0.25, 0.3) is 0 Å². The summed E-state index contributed by atoms with van der Waals surface area (Å²) >= 11 is 3.53. The van der Waals surface area contributed by atoms with E-state index in [1.165, 1.54) is 24.8 Å². The minimum absolute atomic E-state index is 0.162. The molecular weight excluding hydrogens is 290 g/mol. The molecule has 18 heavy (non-hydrogen) atoms. The van der Waals surface area contributed by atoms with Gasteiger partial charge in [0, 0.05) is 17.1 Å². The maximum Gasteiger partial charge on any atom is 0.0953 e. The first-order chi connectivity index (χ1) is 8.65. The number of benzene rings is 1. The van der Waals surface area contributed by atoms with Gasteiger partial charge in [0.05, 0.1) is 12.2 Å². The maximum atomic E-state index is 6.19. The monoisotopic (exact) mass is 311 g/mol. The zero-order chi connectivity index (χ0) is 13.0. The summed E-state index contributed by atoms with van der Waals surface area (Å²) in [4.78, 5) is 0. The van der Waals surface area contributed by atoms with Crippen molar-refractivity contribution in [2.24, 2.45) is 0 Å². The van der Waals surface area contributed by atoms with E-state index in [2.05, 4.69) is 59.4 Å². The molecule has 0 amide bonds. The highest BCUT2D eigenvalue weighted by Gasteiger charge is 2.23. The van der Waals surface area contributed by atoms with Crippen LogP contribution >= 0.6 is 15.9 Å². The molecule has 2 nitrogen and oxygen atoms in total. The van der Waals surface area contributed by atoms with Crippen LogP contribution in [-0.2, 0) is 4.74 Å². The number of rotatable bonds is 6. The Morgan fingerprint density at radius 1 is 1.39 bits per heavy atom. The SMILES string of the molecule is CC(C)NCC(OC1CCC1)c1cccc(Br)c1. The van der Waals surface area contributed by atoms with Gasteiger partial charge >= 0.3 is 0 Å². The average molecular weight is 312 g/mol. The van der Waals surface area contributed by atoms with Crippen LogP contribution in [0.2, 0.25) is 0 Å². The van der Waals surface area contributed by atoms with Crippen LogP contribution in [0, 0.1) is 0 Å². The summed E-state index contributed by atoms with van der Waals surface area (Å²) < 4.78 is 7.31. The molecule has 1 saturated carbocycles. The van der Waals surface area contributed by atoms with Crippen LogP contribution in [0.5, 0.6) is 0 Å². The van der Waals surface area contributed by atoms with Gasteiger partial charge in [-0.25, -0.2) is 0 Å². The summed E-state index contributed by atoms with van der Waals surface area (Å²) in [5.41, 5.74) is 1.25. The summed E-state index contributed by atoms with van der Waals surface area (Å²) in [5.74, 6) is 0. The van der Waals surface area contributed by atoms with Gasteiger partial charge in [-0.15, -0.1) is 0 Å². The number of hydrogen-bond acceptors (Lipinski definition) is 2. The van der Waals surface area contributed by atoms with Crippen LogP contribution in [0.3, 0.4) is 0 Å². The Balaban J connectivity index is 2.02. The lowest BCUT2D eigenvalue weighted by Gasteiger charge is -2.31. The molecule has 1 N–H and O–H groups in total. The zero-order valence-electron chi connectivity index (χ0n) is 11.2. The van der Waals surface area contributed by atoms with Crippen molar-refractivity contribution in [3.63, 3.8) is 0 Å². The van der Waals surface area contributed by atoms with Crippen molar-refractivity contribution < 1.29 is 4.74 Å². The van der Waals surface area contributed by atoms with Gasteiger partial charge in [0.15, 0.2) is 0 Å². The third-order valence-corrected chi connectivity index (χ3v) is 3.83. The Morgan fingerprint density at radius 2 is 2.17 bits per heavy atom. The molecule has 1 aromatic carbocycles. The summed E-state index contributed by atoms with van der Waals surface area (Å²) in [5, 5.41) is 3.48. The fourth-order valence-electron chi connectivity index (χ4n) is 2.03. The number of hydrogen-bond donors (Lipinski definition) is 1. The smallest absolute Gasteiger partial charge is 0.0953 e. The fraction of sp³-hybridized carbons (Fsp3) is 0.600. The molecular formula is C15H22BrNO. The lowest BCUT2D eigenvalue weighted by Crippen LogP contribution is -2.33. The fourth-order valence-corrected chi connectivity index (χ4v) is 2.45. The predicted octanol–water partition coefficient (Wildman–Crippen LogP) is 4.06. The highest BCUT2D eigenvalue weighted by Crippen LogP contribution is 2.29. The molecule has 1 fully saturated rings. The van der Waals surface area contributed by atoms with E-state index >= 15 is 0 Å². The molecule has 0 radical (unpaired) electrons. The van der Waals surface area contributed by atoms with E-state index in [1.807, 2.05) is 0 Å². The topological polar surface area (TPSA) is 21.3 Å². The van der Waals surface area contributed by atoms with E-state index in [1.54, 1.807) is 0 Å². The number of halogens is 1. The normalized spacial score (nSPS) is 17.8. The molecule has 0 bridgehead atoms. The second-order valence-corrected chi connectivity index (χ2v) is 6.21. The van der Waals surface area contributed by atoms with Crippen molar-refractivity contribution in [1.82, 2.24) is 5.32 Å². The molecule has 0 aromatic heterocycles. The second-order valence-electron chi connectivity index (χ2n) is 5.30. The van der Waals surface area contributed by atoms with Gasteiger partial charge in [0.1, 0.15) is 0 Å². The first-order valence-electron chi connectivity index (χ1n) is 6.79. The Bertz CT molecular complexity index is 377. The van der Waals surface area contributed by atoms with Crippen molar-refractivity contribution in [3.8, 4) is 0 Å². The summed E-state index contributed by atoms with van der Waals surface area (Å²) in [6.07, 6.45) is 4.37. The maximum absolute atomic E-state index is 6.19. The van der Waals surface area contributed by atoms with E-state index in [0.717, 1.165) is 11.0 Å². The third-order valence-electron chi connectivity index (χ3n) is 3.34. The van der Waals surface area contributed by atoms with E-state index in [9.17, 15) is 0 Å². The van der Waals surface area contributed by atoms with E-state index in [0.29, 0.717) is 12.1 Å². The summed E-state index contributed by atoms with van der Waals surface area (Å²) in [6, 6.07) is 8.93. The molecule has 0 saturated heterocycles. The quantitative estimate of drug-likeness (QED) is 0.855. The Kier molecular flexibility index (Phi) is 5.22. The molecule has 0 spiro atoms. The van der Waals surface area contributed by atoms with Gasteiger partial charge in [-0.1, -0.05) is 41.9 Å². The Morgan fingerprint density at radius 3 is 2.72 bits per heavy atom. The predicted molar refractivity (Wildman–Crippen MR) is 78.7 cm³/mol. The minimum atomic E-state index is 0.162. The molecule has 1 aromatic rings. The molecule has 3 heteroatoms. The zero-order valence-corrected chi connectivity index (χ0v) is 12.7. The van der Waals surface area contributed by atoms with Gasteiger partial charge < -0.3 is 10.1 Å². The Labute approximate surface area is 118 Å². The third kappa shape index (κ3) is 4.08. The molecule has 0 heterocycles. The summed E-state index contributed by atoms with van der Waals surface area (Å²) in [7, 11) is 0. The number of nitrogens with one attached hydrogen (secondary N) is 1. The van der Waals surface area contributed by atoms with E-state index in [-0.39, 0.29) is 6.10 Å². The van der Waals surface area contributed by atoms with Gasteiger partial charge in [-0.05, 0) is 37.0 Å². The lowest BCUT2D eigenvalue weighted by atomic mass is 9.95. The number of ether oxygens (including phenoxy) is 1. The largest absolute Gasteiger partial charge is 0.369 e. The van der Waals surface area contributed by atoms with Crippen molar-refractivity contribution >= 4 is 15.9 Å². The minimum Gasteiger partial charge on any atom is -0.369 e. The molecule has 1 atom stereocenters. The molecule has 1 unspecified atom stereocenters. The molecule has 1 aliphatic carbocycles.